The van der Waals surface area contributed by atoms with Gasteiger partial charge in [-0.05, 0) is 0 Å². The van der Waals surface area contributed by atoms with E-state index in [0.29, 0.717) is 0 Å². The van der Waals surface area contributed by atoms with Gasteiger partial charge in [-0.15, -0.1) is 0 Å². The Kier molecular flexibility index (Phi) is 9.23. The highest BCUT2D eigenvalue weighted by Gasteiger charge is 2.46. The lowest BCUT2D eigenvalue weighted by Crippen LogP contribution is -2.60. The van der Waals surface area contributed by atoms with E-state index in [9.17, 15) is 35.3 Å². The van der Waals surface area contributed by atoms with Crippen LogP contribution in [-0.2, 0) is 23.8 Å². The van der Waals surface area contributed by atoms with Crippen LogP contribution in [0.15, 0.2) is 0 Å². The number of nitrogens with zero attached hydrogens (tertiary/aromatic N) is 2. The van der Waals surface area contributed by atoms with Gasteiger partial charge in [0.2, 0.25) is 0 Å². The Morgan fingerprint density at radius 2 is 1.50 bits per heavy atom. The van der Waals surface area contributed by atoms with Gasteiger partial charge in [-0.25, -0.2) is 0 Å². The van der Waals surface area contributed by atoms with Crippen LogP contribution in [0.1, 0.15) is 12.8 Å². The fourth-order valence-corrected chi connectivity index (χ4v) is 2.02. The molecule has 5 unspecified atom stereocenters. The third-order valence-electron chi connectivity index (χ3n) is 3.35. The molecule has 14 nitrogen and oxygen atoms in total. The monoisotopic (exact) mass is 384 g/mol. The molecule has 1 aliphatic heterocycles. The highest BCUT2D eigenvalue weighted by molar-refractivity contribution is 5.70. The van der Waals surface area contributed by atoms with Crippen molar-refractivity contribution in [2.75, 3.05) is 19.7 Å². The first-order valence-electron chi connectivity index (χ1n) is 7.43. The summed E-state index contributed by atoms with van der Waals surface area (Å²) in [6.45, 7) is -1.73. The molecule has 152 valence electrons. The molecule has 0 saturated carbocycles. The highest BCUT2D eigenvalue weighted by atomic mass is 16.8. The van der Waals surface area contributed by atoms with E-state index in [0.717, 1.165) is 0 Å². The van der Waals surface area contributed by atoms with E-state index in [4.69, 9.17) is 19.9 Å². The number of rotatable bonds is 9. The van der Waals surface area contributed by atoms with Gasteiger partial charge in [-0.3, -0.25) is 20.0 Å². The molecular formula is C12H20N2O12-2. The van der Waals surface area contributed by atoms with Crippen molar-refractivity contribution >= 4 is 11.9 Å². The molecule has 5 atom stereocenters. The summed E-state index contributed by atoms with van der Waals surface area (Å²) in [7, 11) is 0. The summed E-state index contributed by atoms with van der Waals surface area (Å²) >= 11 is 0. The fourth-order valence-electron chi connectivity index (χ4n) is 2.02. The van der Waals surface area contributed by atoms with Crippen LogP contribution >= 0.6 is 0 Å². The predicted molar refractivity (Wildman–Crippen MR) is 76.7 cm³/mol. The number of ether oxygens (including phenoxy) is 3. The Bertz CT molecular complexity index is 459. The van der Waals surface area contributed by atoms with Crippen LogP contribution < -0.4 is 0 Å². The molecule has 1 heterocycles. The van der Waals surface area contributed by atoms with Gasteiger partial charge in [-0.1, -0.05) is 0 Å². The standard InChI is InChI=1S/C12H20N2O12/c15-7(1-3-13(20)21)24-5-6-9(17)10(18)11(12(19)25-6)26-8(16)2-4-14(22)23/h6,9-12,17-20,22H,1-5H2/q-2. The van der Waals surface area contributed by atoms with Crippen molar-refractivity contribution in [3.8, 4) is 0 Å². The van der Waals surface area contributed by atoms with E-state index in [2.05, 4.69) is 4.74 Å². The summed E-state index contributed by atoms with van der Waals surface area (Å²) in [5.74, 6) is -1.95. The molecule has 0 aromatic carbocycles. The van der Waals surface area contributed by atoms with Gasteiger partial charge in [0.05, 0.1) is 12.8 Å². The summed E-state index contributed by atoms with van der Waals surface area (Å²) in [6, 6.07) is 0. The first-order valence-corrected chi connectivity index (χ1v) is 7.43. The first-order chi connectivity index (χ1) is 12.1. The van der Waals surface area contributed by atoms with Gasteiger partial charge in [0, 0.05) is 13.1 Å². The molecule has 5 N–H and O–H groups in total. The topological polar surface area (TPSA) is 216 Å². The van der Waals surface area contributed by atoms with Crippen molar-refractivity contribution in [1.82, 2.24) is 10.5 Å². The Morgan fingerprint density at radius 3 is 2.04 bits per heavy atom. The predicted octanol–water partition coefficient (Wildman–Crippen LogP) is -2.96. The van der Waals surface area contributed by atoms with Crippen LogP contribution in [0.5, 0.6) is 0 Å². The Labute approximate surface area is 146 Å². The Morgan fingerprint density at radius 1 is 0.962 bits per heavy atom. The lowest BCUT2D eigenvalue weighted by Gasteiger charge is -2.39. The molecule has 0 bridgehead atoms. The maximum absolute atomic E-state index is 11.5. The van der Waals surface area contributed by atoms with Crippen LogP contribution in [0.25, 0.3) is 0 Å². The summed E-state index contributed by atoms with van der Waals surface area (Å²) in [6.07, 6.45) is -9.39. The number of aliphatic hydroxyl groups excluding tert-OH is 3. The third kappa shape index (κ3) is 7.42. The van der Waals surface area contributed by atoms with Crippen molar-refractivity contribution in [2.24, 2.45) is 0 Å². The highest BCUT2D eigenvalue weighted by Crippen LogP contribution is 2.23. The second-order valence-electron chi connectivity index (χ2n) is 5.34. The minimum atomic E-state index is -1.87. The number of hydrogen-bond acceptors (Lipinski definition) is 14. The van der Waals surface area contributed by atoms with Crippen molar-refractivity contribution < 1.29 is 49.5 Å². The SMILES string of the molecule is O=C(CCN([O-])O)OCC1OC(O)C(OC(=O)CCN([O-])O)C(O)C1O. The van der Waals surface area contributed by atoms with E-state index < -0.39 is 85.6 Å². The van der Waals surface area contributed by atoms with Crippen LogP contribution in [-0.4, -0.2) is 98.5 Å². The molecule has 0 aromatic rings. The Balaban J connectivity index is 2.49. The summed E-state index contributed by atoms with van der Waals surface area (Å²) < 4.78 is 14.3. The number of carbonyl (C=O) groups excluding carboxylic acids is 2. The maximum atomic E-state index is 11.5. The molecule has 1 saturated heterocycles. The van der Waals surface area contributed by atoms with E-state index in [1.165, 1.54) is 0 Å². The van der Waals surface area contributed by atoms with Gasteiger partial charge in [0.25, 0.3) is 0 Å². The Hall–Kier alpha value is -1.46. The van der Waals surface area contributed by atoms with Gasteiger partial charge in [0.15, 0.2) is 12.4 Å². The first kappa shape index (κ1) is 22.6. The van der Waals surface area contributed by atoms with Crippen LogP contribution in [0, 0.1) is 10.4 Å². The van der Waals surface area contributed by atoms with Crippen molar-refractivity contribution in [2.45, 2.75) is 43.5 Å². The van der Waals surface area contributed by atoms with Crippen LogP contribution in [0.3, 0.4) is 0 Å². The number of esters is 2. The fraction of sp³-hybridized carbons (Fsp3) is 0.833. The molecule has 1 rings (SSSR count). The average Bonchev–Trinajstić information content (AvgIpc) is 2.56. The number of carbonyl (C=O) groups is 2. The molecule has 0 radical (unpaired) electrons. The quantitative estimate of drug-likeness (QED) is 0.198. The van der Waals surface area contributed by atoms with Gasteiger partial charge >= 0.3 is 11.9 Å². The molecule has 1 aliphatic rings. The maximum Gasteiger partial charge on any atom is 0.307 e. The van der Waals surface area contributed by atoms with Crippen LogP contribution in [0.4, 0.5) is 0 Å². The summed E-state index contributed by atoms with van der Waals surface area (Å²) in [4.78, 5) is 22.8. The van der Waals surface area contributed by atoms with Crippen molar-refractivity contribution in [3.63, 3.8) is 0 Å². The zero-order chi connectivity index (χ0) is 19.9. The molecule has 26 heavy (non-hydrogen) atoms. The zero-order valence-electron chi connectivity index (χ0n) is 13.4. The van der Waals surface area contributed by atoms with E-state index >= 15 is 0 Å². The van der Waals surface area contributed by atoms with Gasteiger partial charge < -0.3 is 50.4 Å². The second-order valence-corrected chi connectivity index (χ2v) is 5.34. The van der Waals surface area contributed by atoms with E-state index in [1.54, 1.807) is 0 Å². The lowest BCUT2D eigenvalue weighted by molar-refractivity contribution is -0.291. The molecule has 14 heteroatoms. The smallest absolute Gasteiger partial charge is 0.307 e. The van der Waals surface area contributed by atoms with E-state index in [-0.39, 0.29) is 0 Å². The molecular weight excluding hydrogens is 364 g/mol. The second kappa shape index (κ2) is 10.6. The third-order valence-corrected chi connectivity index (χ3v) is 3.35. The number of hydrogen-bond donors (Lipinski definition) is 5. The molecule has 1 fully saturated rings. The molecule has 0 aromatic heterocycles. The van der Waals surface area contributed by atoms with Crippen LogP contribution in [0.2, 0.25) is 0 Å². The van der Waals surface area contributed by atoms with Crippen molar-refractivity contribution in [1.29, 1.82) is 0 Å². The van der Waals surface area contributed by atoms with Gasteiger partial charge in [-0.2, -0.15) is 0 Å². The largest absolute Gasteiger partial charge is 0.762 e. The minimum Gasteiger partial charge on any atom is -0.762 e. The lowest BCUT2D eigenvalue weighted by atomic mass is 9.99. The van der Waals surface area contributed by atoms with Gasteiger partial charge in [0.1, 0.15) is 24.9 Å². The summed E-state index contributed by atoms with van der Waals surface area (Å²) in [5, 5.41) is 66.0. The van der Waals surface area contributed by atoms with E-state index in [1.807, 2.05) is 0 Å². The zero-order valence-corrected chi connectivity index (χ0v) is 13.4. The normalized spacial score (nSPS) is 29.0. The minimum absolute atomic E-state index is 0.449. The summed E-state index contributed by atoms with van der Waals surface area (Å²) in [5.41, 5.74) is 0. The molecule has 0 amide bonds. The molecule has 0 spiro atoms. The average molecular weight is 384 g/mol. The number of aliphatic hydroxyl groups is 3. The molecule has 0 aliphatic carbocycles. The van der Waals surface area contributed by atoms with Crippen molar-refractivity contribution in [3.05, 3.63) is 10.4 Å². The number of hydroxylamine groups is 4.